The number of benzene rings is 1. The van der Waals surface area contributed by atoms with E-state index in [-0.39, 0.29) is 5.54 Å². The quantitative estimate of drug-likeness (QED) is 0.0655. The van der Waals surface area contributed by atoms with Crippen molar-refractivity contribution in [2.24, 2.45) is 5.41 Å². The fourth-order valence-corrected chi connectivity index (χ4v) is 9.33. The predicted octanol–water partition coefficient (Wildman–Crippen LogP) is 18.8. The Kier molecular flexibility index (Phi) is 35.8. The van der Waals surface area contributed by atoms with E-state index in [1.54, 1.807) is 0 Å². The first-order valence-corrected chi connectivity index (χ1v) is 25.3. The van der Waals surface area contributed by atoms with Gasteiger partial charge in [-0.3, -0.25) is 0 Å². The normalized spacial score (nSPS) is 13.1. The molecule has 0 fully saturated rings. The smallest absolute Gasteiger partial charge is 0.0210 e. The lowest BCUT2D eigenvalue weighted by molar-refractivity contribution is 0.0636. The molecule has 0 spiro atoms. The second-order valence-corrected chi connectivity index (χ2v) is 18.7. The van der Waals surface area contributed by atoms with Gasteiger partial charge in [0, 0.05) is 12.1 Å². The molecule has 0 aliphatic rings. The van der Waals surface area contributed by atoms with Gasteiger partial charge in [0.15, 0.2) is 0 Å². The van der Waals surface area contributed by atoms with Crippen LogP contribution in [0, 0.1) is 5.41 Å². The third-order valence-electron chi connectivity index (χ3n) is 13.4. The maximum absolute atomic E-state index is 4.19. The summed E-state index contributed by atoms with van der Waals surface area (Å²) >= 11 is 0. The molecule has 1 N–H and O–H groups in total. The standard InChI is InChI=1S/C53H101N/c1-6-9-12-15-18-21-24-26-27-29-32-35-38-44-49-53(47-42-36-33-30-23-20-17-14-11-8-3,52(4,5)54-50-51-45-40-39-41-46-51)48-43-37-34-31-28-25-22-19-16-13-10-7-2/h39-41,45-46,54H,6-38,42-44,47-50H2,1-5H3. The summed E-state index contributed by atoms with van der Waals surface area (Å²) in [5.41, 5.74) is 1.95. The van der Waals surface area contributed by atoms with Gasteiger partial charge < -0.3 is 5.32 Å². The van der Waals surface area contributed by atoms with Gasteiger partial charge in [-0.05, 0) is 44.1 Å². The highest BCUT2D eigenvalue weighted by atomic mass is 15.0. The van der Waals surface area contributed by atoms with Gasteiger partial charge >= 0.3 is 0 Å². The average Bonchev–Trinajstić information content (AvgIpc) is 3.18. The van der Waals surface area contributed by atoms with Crippen molar-refractivity contribution >= 4 is 0 Å². The Labute approximate surface area is 342 Å². The summed E-state index contributed by atoms with van der Waals surface area (Å²) in [6, 6.07) is 11.2. The topological polar surface area (TPSA) is 12.0 Å². The van der Waals surface area contributed by atoms with Crippen LogP contribution < -0.4 is 5.32 Å². The first-order valence-electron chi connectivity index (χ1n) is 25.3. The molecule has 1 aromatic carbocycles. The summed E-state index contributed by atoms with van der Waals surface area (Å²) in [5.74, 6) is 0. The molecule has 0 aliphatic heterocycles. The molecule has 1 aromatic rings. The van der Waals surface area contributed by atoms with E-state index in [1.807, 2.05) is 0 Å². The van der Waals surface area contributed by atoms with E-state index in [0.29, 0.717) is 5.41 Å². The van der Waals surface area contributed by atoms with Gasteiger partial charge in [-0.1, -0.05) is 282 Å². The number of nitrogens with one attached hydrogen (secondary N) is 1. The molecule has 0 amide bonds. The number of rotatable bonds is 43. The summed E-state index contributed by atoms with van der Waals surface area (Å²) < 4.78 is 0. The fraction of sp³-hybridized carbons (Fsp3) is 0.887. The van der Waals surface area contributed by atoms with Crippen LogP contribution in [0.2, 0.25) is 0 Å². The molecule has 1 unspecified atom stereocenters. The van der Waals surface area contributed by atoms with Crippen LogP contribution in [0.5, 0.6) is 0 Å². The van der Waals surface area contributed by atoms with E-state index in [1.165, 1.54) is 256 Å². The maximum atomic E-state index is 4.19. The summed E-state index contributed by atoms with van der Waals surface area (Å²) in [4.78, 5) is 0. The second kappa shape index (κ2) is 37.7. The predicted molar refractivity (Wildman–Crippen MR) is 247 cm³/mol. The first kappa shape index (κ1) is 51.2. The Bertz CT molecular complexity index is 859. The van der Waals surface area contributed by atoms with Crippen LogP contribution in [0.4, 0.5) is 0 Å². The van der Waals surface area contributed by atoms with Crippen LogP contribution in [-0.2, 0) is 6.54 Å². The summed E-state index contributed by atoms with van der Waals surface area (Å²) in [6.07, 6.45) is 56.2. The molecule has 1 nitrogen and oxygen atoms in total. The lowest BCUT2D eigenvalue weighted by atomic mass is 9.62. The minimum atomic E-state index is 0.135. The molecule has 54 heavy (non-hydrogen) atoms. The molecule has 0 saturated carbocycles. The lowest BCUT2D eigenvalue weighted by Crippen LogP contribution is -2.54. The summed E-state index contributed by atoms with van der Waals surface area (Å²) in [7, 11) is 0. The SMILES string of the molecule is CCCCCCCCCCCCCCCCC(CCCCCCCCCCCC)(CCCCCCCCCCCCCC)C(C)(C)NCc1ccccc1. The zero-order valence-corrected chi connectivity index (χ0v) is 38.2. The molecule has 0 radical (unpaired) electrons. The molecule has 0 saturated heterocycles. The van der Waals surface area contributed by atoms with Gasteiger partial charge in [0.1, 0.15) is 0 Å². The van der Waals surface area contributed by atoms with Crippen molar-refractivity contribution in [3.05, 3.63) is 35.9 Å². The molecular formula is C53H101N. The number of unbranched alkanes of at least 4 members (excludes halogenated alkanes) is 33. The monoisotopic (exact) mass is 752 g/mol. The zero-order chi connectivity index (χ0) is 39.1. The van der Waals surface area contributed by atoms with E-state index in [0.717, 1.165) is 6.54 Å². The van der Waals surface area contributed by atoms with Crippen LogP contribution in [0.1, 0.15) is 291 Å². The molecule has 1 atom stereocenters. The van der Waals surface area contributed by atoms with Gasteiger partial charge in [-0.15, -0.1) is 0 Å². The Morgan fingerprint density at radius 2 is 0.574 bits per heavy atom. The van der Waals surface area contributed by atoms with Gasteiger partial charge in [0.25, 0.3) is 0 Å². The van der Waals surface area contributed by atoms with Crippen LogP contribution in [0.3, 0.4) is 0 Å². The molecule has 0 aromatic heterocycles. The third kappa shape index (κ3) is 28.6. The molecular weight excluding hydrogens is 651 g/mol. The fourth-order valence-electron chi connectivity index (χ4n) is 9.33. The highest BCUT2D eigenvalue weighted by Crippen LogP contribution is 2.46. The Balaban J connectivity index is 2.71. The molecule has 1 heteroatoms. The summed E-state index contributed by atoms with van der Waals surface area (Å²) in [6.45, 7) is 13.2. The largest absolute Gasteiger partial charge is 0.307 e. The highest BCUT2D eigenvalue weighted by molar-refractivity contribution is 5.15. The van der Waals surface area contributed by atoms with Crippen molar-refractivity contribution in [3.8, 4) is 0 Å². The van der Waals surface area contributed by atoms with Crippen LogP contribution in [0.15, 0.2) is 30.3 Å². The van der Waals surface area contributed by atoms with Crippen LogP contribution in [0.25, 0.3) is 0 Å². The minimum absolute atomic E-state index is 0.135. The van der Waals surface area contributed by atoms with Gasteiger partial charge in [-0.25, -0.2) is 0 Å². The van der Waals surface area contributed by atoms with Gasteiger partial charge in [0.05, 0.1) is 0 Å². The molecule has 0 aliphatic carbocycles. The highest BCUT2D eigenvalue weighted by Gasteiger charge is 2.43. The van der Waals surface area contributed by atoms with Crippen molar-refractivity contribution in [1.82, 2.24) is 5.32 Å². The van der Waals surface area contributed by atoms with E-state index < -0.39 is 0 Å². The van der Waals surface area contributed by atoms with Gasteiger partial charge in [0.2, 0.25) is 0 Å². The first-order chi connectivity index (χ1) is 26.5. The molecule has 0 heterocycles. The second-order valence-electron chi connectivity index (χ2n) is 18.7. The lowest BCUT2D eigenvalue weighted by Gasteiger charge is -2.49. The number of hydrogen-bond acceptors (Lipinski definition) is 1. The van der Waals surface area contributed by atoms with Crippen LogP contribution in [-0.4, -0.2) is 5.54 Å². The van der Waals surface area contributed by atoms with Gasteiger partial charge in [-0.2, -0.15) is 0 Å². The Morgan fingerprint density at radius 3 is 0.833 bits per heavy atom. The number of hydrogen-bond donors (Lipinski definition) is 1. The minimum Gasteiger partial charge on any atom is -0.307 e. The van der Waals surface area contributed by atoms with E-state index in [9.17, 15) is 0 Å². The van der Waals surface area contributed by atoms with Crippen LogP contribution >= 0.6 is 0 Å². The zero-order valence-electron chi connectivity index (χ0n) is 38.2. The van der Waals surface area contributed by atoms with E-state index >= 15 is 0 Å². The van der Waals surface area contributed by atoms with Crippen molar-refractivity contribution in [3.63, 3.8) is 0 Å². The maximum Gasteiger partial charge on any atom is 0.0210 e. The Hall–Kier alpha value is -0.820. The van der Waals surface area contributed by atoms with Crippen molar-refractivity contribution in [2.45, 2.75) is 297 Å². The van der Waals surface area contributed by atoms with Crippen molar-refractivity contribution in [1.29, 1.82) is 0 Å². The molecule has 1 rings (SSSR count). The Morgan fingerprint density at radius 1 is 0.333 bits per heavy atom. The van der Waals surface area contributed by atoms with E-state index in [2.05, 4.69) is 70.3 Å². The van der Waals surface area contributed by atoms with E-state index in [4.69, 9.17) is 0 Å². The third-order valence-corrected chi connectivity index (χ3v) is 13.4. The van der Waals surface area contributed by atoms with Crippen molar-refractivity contribution in [2.75, 3.05) is 0 Å². The summed E-state index contributed by atoms with van der Waals surface area (Å²) in [5, 5.41) is 4.19. The molecule has 318 valence electrons. The molecule has 0 bridgehead atoms. The van der Waals surface area contributed by atoms with Crippen molar-refractivity contribution < 1.29 is 0 Å². The average molecular weight is 752 g/mol.